The molecule has 1 aromatic carbocycles. The monoisotopic (exact) mass is 288 g/mol. The van der Waals surface area contributed by atoms with E-state index in [-0.39, 0.29) is 22.7 Å². The molecular formula is C15H20N4O2. The summed E-state index contributed by atoms with van der Waals surface area (Å²) in [6.07, 6.45) is 3.78. The van der Waals surface area contributed by atoms with Gasteiger partial charge in [-0.25, -0.2) is 0 Å². The zero-order chi connectivity index (χ0) is 15.6. The van der Waals surface area contributed by atoms with Gasteiger partial charge in [0.1, 0.15) is 0 Å². The van der Waals surface area contributed by atoms with E-state index in [1.807, 2.05) is 32.4 Å². The van der Waals surface area contributed by atoms with Gasteiger partial charge < -0.3 is 5.32 Å². The van der Waals surface area contributed by atoms with Gasteiger partial charge in [-0.15, -0.1) is 0 Å². The summed E-state index contributed by atoms with van der Waals surface area (Å²) in [5.41, 5.74) is 2.83. The Labute approximate surface area is 123 Å². The van der Waals surface area contributed by atoms with Crippen LogP contribution in [0.3, 0.4) is 0 Å². The highest BCUT2D eigenvalue weighted by Gasteiger charge is 2.16. The second kappa shape index (κ2) is 6.05. The Hall–Kier alpha value is -2.21. The minimum Gasteiger partial charge on any atom is -0.304 e. The van der Waals surface area contributed by atoms with E-state index in [0.29, 0.717) is 5.56 Å². The van der Waals surface area contributed by atoms with Gasteiger partial charge in [0, 0.05) is 42.5 Å². The summed E-state index contributed by atoms with van der Waals surface area (Å²) < 4.78 is 1.76. The normalized spacial score (nSPS) is 13.9. The molecule has 1 heterocycles. The summed E-state index contributed by atoms with van der Waals surface area (Å²) in [4.78, 5) is 10.7. The number of benzene rings is 1. The highest BCUT2D eigenvalue weighted by molar-refractivity contribution is 5.43. The molecule has 0 saturated carbocycles. The van der Waals surface area contributed by atoms with E-state index in [1.54, 1.807) is 23.7 Å². The van der Waals surface area contributed by atoms with Gasteiger partial charge in [-0.2, -0.15) is 5.10 Å². The van der Waals surface area contributed by atoms with E-state index in [0.717, 1.165) is 11.1 Å². The van der Waals surface area contributed by atoms with Crippen LogP contribution < -0.4 is 5.32 Å². The molecule has 0 saturated heterocycles. The van der Waals surface area contributed by atoms with E-state index in [4.69, 9.17) is 0 Å². The number of hydrogen-bond donors (Lipinski definition) is 1. The predicted octanol–water partition coefficient (Wildman–Crippen LogP) is 3.05. The van der Waals surface area contributed by atoms with Crippen LogP contribution in [0.5, 0.6) is 0 Å². The summed E-state index contributed by atoms with van der Waals surface area (Å²) in [6.45, 7) is 5.80. The van der Waals surface area contributed by atoms with Crippen LogP contribution in [0.2, 0.25) is 0 Å². The van der Waals surface area contributed by atoms with Crippen LogP contribution in [0, 0.1) is 17.0 Å². The van der Waals surface area contributed by atoms with Crippen LogP contribution in [0.1, 0.15) is 42.6 Å². The fourth-order valence-electron chi connectivity index (χ4n) is 2.32. The van der Waals surface area contributed by atoms with Crippen molar-refractivity contribution in [1.29, 1.82) is 0 Å². The first-order valence-electron chi connectivity index (χ1n) is 6.88. The van der Waals surface area contributed by atoms with Gasteiger partial charge in [-0.1, -0.05) is 12.1 Å². The van der Waals surface area contributed by atoms with Crippen molar-refractivity contribution in [2.75, 3.05) is 0 Å². The molecule has 21 heavy (non-hydrogen) atoms. The molecule has 2 rings (SSSR count). The van der Waals surface area contributed by atoms with Crippen LogP contribution in [-0.2, 0) is 7.05 Å². The third-order valence-electron chi connectivity index (χ3n) is 3.65. The number of nitro groups is 1. The lowest BCUT2D eigenvalue weighted by molar-refractivity contribution is -0.385. The quantitative estimate of drug-likeness (QED) is 0.678. The molecule has 0 aliphatic carbocycles. The van der Waals surface area contributed by atoms with Crippen molar-refractivity contribution in [3.8, 4) is 0 Å². The van der Waals surface area contributed by atoms with Crippen LogP contribution in [0.25, 0.3) is 0 Å². The van der Waals surface area contributed by atoms with Crippen molar-refractivity contribution in [2.45, 2.75) is 32.9 Å². The minimum absolute atomic E-state index is 0.0134. The molecule has 112 valence electrons. The fourth-order valence-corrected chi connectivity index (χ4v) is 2.32. The average molecular weight is 288 g/mol. The lowest BCUT2D eigenvalue weighted by Gasteiger charge is -2.19. The first-order chi connectivity index (χ1) is 9.88. The standard InChI is InChI=1S/C15H20N4O2/c1-10-5-6-13(7-15(10)19(20)21)11(2)17-12(3)14-8-16-18(4)9-14/h5-9,11-12,17H,1-4H3/t11-,12-/m1/s1. The Morgan fingerprint density at radius 1 is 1.29 bits per heavy atom. The van der Waals surface area contributed by atoms with E-state index < -0.39 is 0 Å². The van der Waals surface area contributed by atoms with Gasteiger partial charge in [-0.3, -0.25) is 14.8 Å². The van der Waals surface area contributed by atoms with Gasteiger partial charge >= 0.3 is 0 Å². The molecule has 6 nitrogen and oxygen atoms in total. The molecule has 2 atom stereocenters. The number of rotatable bonds is 5. The molecule has 0 unspecified atom stereocenters. The predicted molar refractivity (Wildman–Crippen MR) is 81.0 cm³/mol. The van der Waals surface area contributed by atoms with Crippen molar-refractivity contribution >= 4 is 5.69 Å². The summed E-state index contributed by atoms with van der Waals surface area (Å²) >= 11 is 0. The summed E-state index contributed by atoms with van der Waals surface area (Å²) in [6, 6.07) is 5.49. The third kappa shape index (κ3) is 3.46. The van der Waals surface area contributed by atoms with Crippen molar-refractivity contribution in [1.82, 2.24) is 15.1 Å². The van der Waals surface area contributed by atoms with Gasteiger partial charge in [0.15, 0.2) is 0 Å². The van der Waals surface area contributed by atoms with Crippen molar-refractivity contribution in [3.63, 3.8) is 0 Å². The van der Waals surface area contributed by atoms with Crippen LogP contribution in [0.4, 0.5) is 5.69 Å². The zero-order valence-electron chi connectivity index (χ0n) is 12.7. The molecule has 0 fully saturated rings. The molecule has 0 aliphatic rings. The molecule has 6 heteroatoms. The average Bonchev–Trinajstić information content (AvgIpc) is 2.85. The molecule has 1 aromatic heterocycles. The second-order valence-corrected chi connectivity index (χ2v) is 5.36. The van der Waals surface area contributed by atoms with Crippen LogP contribution in [-0.4, -0.2) is 14.7 Å². The number of aromatic nitrogens is 2. The summed E-state index contributed by atoms with van der Waals surface area (Å²) in [7, 11) is 1.88. The smallest absolute Gasteiger partial charge is 0.272 e. The number of aryl methyl sites for hydroxylation is 2. The Morgan fingerprint density at radius 2 is 1.95 bits per heavy atom. The topological polar surface area (TPSA) is 73.0 Å². The Kier molecular flexibility index (Phi) is 4.37. The maximum atomic E-state index is 11.0. The molecule has 0 aliphatic heterocycles. The van der Waals surface area contributed by atoms with E-state index in [1.165, 1.54) is 0 Å². The van der Waals surface area contributed by atoms with Crippen LogP contribution >= 0.6 is 0 Å². The van der Waals surface area contributed by atoms with E-state index in [9.17, 15) is 10.1 Å². The minimum atomic E-state index is -0.337. The lowest BCUT2D eigenvalue weighted by atomic mass is 10.0. The summed E-state index contributed by atoms with van der Waals surface area (Å²) in [5, 5.41) is 18.6. The largest absolute Gasteiger partial charge is 0.304 e. The van der Waals surface area contributed by atoms with Crippen molar-refractivity contribution < 1.29 is 4.92 Å². The van der Waals surface area contributed by atoms with Crippen molar-refractivity contribution in [2.24, 2.45) is 7.05 Å². The van der Waals surface area contributed by atoms with E-state index in [2.05, 4.69) is 17.3 Å². The molecule has 2 aromatic rings. The summed E-state index contributed by atoms with van der Waals surface area (Å²) in [5.74, 6) is 0. The maximum Gasteiger partial charge on any atom is 0.272 e. The van der Waals surface area contributed by atoms with Gasteiger partial charge in [0.2, 0.25) is 0 Å². The molecule has 0 radical (unpaired) electrons. The first kappa shape index (κ1) is 15.2. The Bertz CT molecular complexity index is 651. The number of nitro benzene ring substituents is 1. The van der Waals surface area contributed by atoms with Crippen molar-refractivity contribution in [3.05, 3.63) is 57.4 Å². The third-order valence-corrected chi connectivity index (χ3v) is 3.65. The highest BCUT2D eigenvalue weighted by Crippen LogP contribution is 2.25. The second-order valence-electron chi connectivity index (χ2n) is 5.36. The molecule has 1 N–H and O–H groups in total. The molecule has 0 amide bonds. The molecule has 0 spiro atoms. The SMILES string of the molecule is Cc1ccc([C@@H](C)N[C@H](C)c2cnn(C)c2)cc1[N+](=O)[O-]. The maximum absolute atomic E-state index is 11.0. The Morgan fingerprint density at radius 3 is 2.52 bits per heavy atom. The lowest BCUT2D eigenvalue weighted by Crippen LogP contribution is -2.22. The van der Waals surface area contributed by atoms with Gasteiger partial charge in [-0.05, 0) is 26.3 Å². The number of nitrogens with one attached hydrogen (secondary N) is 1. The zero-order valence-corrected chi connectivity index (χ0v) is 12.7. The van der Waals surface area contributed by atoms with Gasteiger partial charge in [0.25, 0.3) is 5.69 Å². The fraction of sp³-hybridized carbons (Fsp3) is 0.400. The number of hydrogen-bond acceptors (Lipinski definition) is 4. The molecular weight excluding hydrogens is 268 g/mol. The Balaban J connectivity index is 2.15. The highest BCUT2D eigenvalue weighted by atomic mass is 16.6. The molecule has 0 bridgehead atoms. The van der Waals surface area contributed by atoms with Crippen LogP contribution in [0.15, 0.2) is 30.6 Å². The number of nitrogens with zero attached hydrogens (tertiary/aromatic N) is 3. The first-order valence-corrected chi connectivity index (χ1v) is 6.88. The van der Waals surface area contributed by atoms with Gasteiger partial charge in [0.05, 0.1) is 11.1 Å². The van der Waals surface area contributed by atoms with E-state index >= 15 is 0 Å².